The van der Waals surface area contributed by atoms with E-state index in [-0.39, 0.29) is 27.9 Å². The summed E-state index contributed by atoms with van der Waals surface area (Å²) in [6, 6.07) is 6.15. The van der Waals surface area contributed by atoms with Gasteiger partial charge in [-0.3, -0.25) is 0 Å². The molecule has 3 heterocycles. The van der Waals surface area contributed by atoms with Crippen LogP contribution in [0.2, 0.25) is 0 Å². The summed E-state index contributed by atoms with van der Waals surface area (Å²) in [6.07, 6.45) is -2.70. The number of fused-ring (bicyclic) bond motifs is 1. The van der Waals surface area contributed by atoms with Crippen molar-refractivity contribution in [2.75, 3.05) is 11.4 Å². The molecule has 0 aliphatic carbocycles. The molecule has 160 valence electrons. The second-order valence-corrected chi connectivity index (χ2v) is 7.26. The first-order chi connectivity index (χ1) is 14.7. The molecule has 2 N–H and O–H groups in total. The van der Waals surface area contributed by atoms with Crippen LogP contribution in [0.4, 0.5) is 27.6 Å². The summed E-state index contributed by atoms with van der Waals surface area (Å²) in [7, 11) is 0. The topological polar surface area (TPSA) is 70.0 Å². The van der Waals surface area contributed by atoms with Gasteiger partial charge in [-0.25, -0.2) is 13.8 Å². The van der Waals surface area contributed by atoms with Gasteiger partial charge in [-0.1, -0.05) is 0 Å². The van der Waals surface area contributed by atoms with Crippen LogP contribution in [0.25, 0.3) is 22.2 Å². The van der Waals surface area contributed by atoms with Gasteiger partial charge in [0.1, 0.15) is 11.6 Å². The number of benzene rings is 2. The fourth-order valence-corrected chi connectivity index (χ4v) is 3.84. The molecule has 0 unspecified atom stereocenters. The first-order valence-corrected chi connectivity index (χ1v) is 9.21. The number of aliphatic hydroxyl groups excluding tert-OH is 1. The lowest BCUT2D eigenvalue weighted by molar-refractivity contribution is -0.212. The summed E-state index contributed by atoms with van der Waals surface area (Å²) < 4.78 is 67.8. The number of aromatic nitrogens is 4. The number of alkyl halides is 3. The first-order valence-electron chi connectivity index (χ1n) is 9.21. The van der Waals surface area contributed by atoms with Crippen molar-refractivity contribution in [2.24, 2.45) is 0 Å². The lowest BCUT2D eigenvalue weighted by Crippen LogP contribution is -2.54. The number of nitrogens with zero attached hydrogens (tertiary/aromatic N) is 4. The second-order valence-electron chi connectivity index (χ2n) is 7.26. The van der Waals surface area contributed by atoms with Crippen LogP contribution < -0.4 is 4.90 Å². The number of nitrogens with one attached hydrogen (secondary N) is 1. The van der Waals surface area contributed by atoms with Crippen molar-refractivity contribution in [3.05, 3.63) is 66.3 Å². The highest BCUT2D eigenvalue weighted by Gasteiger charge is 2.42. The molecular weight excluding hydrogens is 421 g/mol. The highest BCUT2D eigenvalue weighted by Crippen LogP contribution is 2.41. The SMILES string of the molecule is O[C@@H]1CN(c2ccc3[nH]cnc3c2)[C@H]1c1c(F)cc(-c2cnn(C(F)(F)F)c2)cc1F. The average Bonchev–Trinajstić information content (AvgIpc) is 3.37. The van der Waals surface area contributed by atoms with Crippen LogP contribution in [0.3, 0.4) is 0 Å². The van der Waals surface area contributed by atoms with Gasteiger partial charge in [0.25, 0.3) is 0 Å². The first kappa shape index (κ1) is 19.5. The molecule has 1 fully saturated rings. The zero-order valence-corrected chi connectivity index (χ0v) is 15.6. The number of β-amino-alcohol motifs (C(OH)–C–C–N with tert-alkyl or cyclic N) is 1. The minimum atomic E-state index is -4.73. The van der Waals surface area contributed by atoms with Gasteiger partial charge in [-0.2, -0.15) is 9.78 Å². The zero-order chi connectivity index (χ0) is 21.9. The summed E-state index contributed by atoms with van der Waals surface area (Å²) >= 11 is 0. The Morgan fingerprint density at radius 3 is 2.45 bits per heavy atom. The quantitative estimate of drug-likeness (QED) is 0.476. The van der Waals surface area contributed by atoms with Gasteiger partial charge in [0.05, 0.1) is 35.7 Å². The van der Waals surface area contributed by atoms with E-state index in [0.29, 0.717) is 17.4 Å². The third-order valence-corrected chi connectivity index (χ3v) is 5.37. The van der Waals surface area contributed by atoms with E-state index in [2.05, 4.69) is 15.1 Å². The van der Waals surface area contributed by atoms with Gasteiger partial charge in [-0.05, 0) is 35.9 Å². The van der Waals surface area contributed by atoms with Crippen LogP contribution in [0.15, 0.2) is 49.1 Å². The third kappa shape index (κ3) is 3.21. The van der Waals surface area contributed by atoms with E-state index in [4.69, 9.17) is 0 Å². The molecule has 2 aromatic carbocycles. The van der Waals surface area contributed by atoms with Gasteiger partial charge in [0.15, 0.2) is 0 Å². The molecule has 11 heteroatoms. The van der Waals surface area contributed by atoms with E-state index in [1.54, 1.807) is 23.1 Å². The fraction of sp³-hybridized carbons (Fsp3) is 0.200. The maximum atomic E-state index is 14.9. The number of hydrogen-bond donors (Lipinski definition) is 2. The average molecular weight is 435 g/mol. The van der Waals surface area contributed by atoms with E-state index < -0.39 is 30.1 Å². The maximum Gasteiger partial charge on any atom is 0.504 e. The molecular formula is C20H14F5N5O. The fourth-order valence-electron chi connectivity index (χ4n) is 3.84. The molecule has 2 atom stereocenters. The Kier molecular flexibility index (Phi) is 4.26. The van der Waals surface area contributed by atoms with Crippen LogP contribution in [-0.2, 0) is 6.30 Å². The summed E-state index contributed by atoms with van der Waals surface area (Å²) in [4.78, 5) is 8.74. The number of anilines is 1. The second kappa shape index (κ2) is 6.77. The van der Waals surface area contributed by atoms with Gasteiger partial charge in [0, 0.05) is 29.6 Å². The van der Waals surface area contributed by atoms with Crippen LogP contribution >= 0.6 is 0 Å². The standard InChI is InChI=1S/C20H14F5N5O/c21-13-3-10(11-6-28-30(7-11)20(23,24)25)4-14(22)18(13)19-17(31)8-29(19)12-1-2-15-16(5-12)27-9-26-15/h1-7,9,17,19,31H,8H2,(H,26,27)/t17-,19-/m1/s1. The van der Waals surface area contributed by atoms with Crippen LogP contribution in [0.1, 0.15) is 11.6 Å². The number of aliphatic hydroxyl groups is 1. The Bertz CT molecular complexity index is 1260. The van der Waals surface area contributed by atoms with Crippen molar-refractivity contribution in [3.63, 3.8) is 0 Å². The Morgan fingerprint density at radius 2 is 1.81 bits per heavy atom. The highest BCUT2D eigenvalue weighted by atomic mass is 19.4. The van der Waals surface area contributed by atoms with Gasteiger partial charge in [-0.15, -0.1) is 13.2 Å². The van der Waals surface area contributed by atoms with Crippen molar-refractivity contribution >= 4 is 16.7 Å². The molecule has 6 nitrogen and oxygen atoms in total. The molecule has 2 aromatic heterocycles. The Balaban J connectivity index is 1.50. The van der Waals surface area contributed by atoms with Crippen molar-refractivity contribution in [2.45, 2.75) is 18.4 Å². The largest absolute Gasteiger partial charge is 0.504 e. The van der Waals surface area contributed by atoms with E-state index in [9.17, 15) is 27.1 Å². The van der Waals surface area contributed by atoms with Crippen molar-refractivity contribution in [1.29, 1.82) is 0 Å². The number of imidazole rings is 1. The van der Waals surface area contributed by atoms with Crippen molar-refractivity contribution in [1.82, 2.24) is 19.7 Å². The van der Waals surface area contributed by atoms with Gasteiger partial charge >= 0.3 is 6.30 Å². The number of rotatable bonds is 3. The summed E-state index contributed by atoms with van der Waals surface area (Å²) in [6.45, 7) is 0.166. The van der Waals surface area contributed by atoms with E-state index in [1.165, 1.54) is 6.33 Å². The Labute approximate surface area is 171 Å². The highest BCUT2D eigenvalue weighted by molar-refractivity contribution is 5.79. The molecule has 0 saturated carbocycles. The van der Waals surface area contributed by atoms with Crippen molar-refractivity contribution in [3.8, 4) is 11.1 Å². The van der Waals surface area contributed by atoms with Crippen molar-refractivity contribution < 1.29 is 27.1 Å². The molecule has 1 aliphatic heterocycles. The molecule has 31 heavy (non-hydrogen) atoms. The van der Waals surface area contributed by atoms with E-state index in [0.717, 1.165) is 23.8 Å². The predicted molar refractivity (Wildman–Crippen MR) is 101 cm³/mol. The lowest BCUT2D eigenvalue weighted by atomic mass is 9.89. The Hall–Kier alpha value is -3.47. The molecule has 0 radical (unpaired) electrons. The molecule has 1 aliphatic rings. The summed E-state index contributed by atoms with van der Waals surface area (Å²) in [5, 5.41) is 13.4. The number of H-pyrrole nitrogens is 1. The molecule has 0 spiro atoms. The van der Waals surface area contributed by atoms with Gasteiger partial charge in [0.2, 0.25) is 0 Å². The van der Waals surface area contributed by atoms with E-state index >= 15 is 0 Å². The zero-order valence-electron chi connectivity index (χ0n) is 15.6. The molecule has 4 aromatic rings. The number of halogens is 5. The predicted octanol–water partition coefficient (Wildman–Crippen LogP) is 4.10. The monoisotopic (exact) mass is 435 g/mol. The Morgan fingerprint density at radius 1 is 1.06 bits per heavy atom. The smallest absolute Gasteiger partial charge is 0.389 e. The lowest BCUT2D eigenvalue weighted by Gasteiger charge is -2.47. The maximum absolute atomic E-state index is 14.9. The van der Waals surface area contributed by atoms with Crippen LogP contribution in [0, 0.1) is 11.6 Å². The molecule has 0 amide bonds. The molecule has 0 bridgehead atoms. The minimum Gasteiger partial charge on any atom is -0.389 e. The normalized spacial score (nSPS) is 19.1. The van der Waals surface area contributed by atoms with E-state index in [1.807, 2.05) is 0 Å². The van der Waals surface area contributed by atoms with Gasteiger partial charge < -0.3 is 15.0 Å². The molecule has 5 rings (SSSR count). The van der Waals surface area contributed by atoms with Crippen LogP contribution in [0.5, 0.6) is 0 Å². The summed E-state index contributed by atoms with van der Waals surface area (Å²) in [5.74, 6) is -1.94. The molecule has 1 saturated heterocycles. The summed E-state index contributed by atoms with van der Waals surface area (Å²) in [5.41, 5.74) is 1.55. The minimum absolute atomic E-state index is 0.0864. The number of hydrogen-bond acceptors (Lipinski definition) is 4. The third-order valence-electron chi connectivity index (χ3n) is 5.37. The number of aromatic amines is 1. The van der Waals surface area contributed by atoms with Crippen LogP contribution in [-0.4, -0.2) is 37.5 Å².